The number of fused-ring (bicyclic) bond motifs is 1. The second-order valence-corrected chi connectivity index (χ2v) is 7.71. The number of aromatic nitrogens is 4. The summed E-state index contributed by atoms with van der Waals surface area (Å²) in [6.07, 6.45) is -2.35. The summed E-state index contributed by atoms with van der Waals surface area (Å²) in [6.45, 7) is 3.96. The van der Waals surface area contributed by atoms with Gasteiger partial charge in [0.2, 0.25) is 5.88 Å². The Morgan fingerprint density at radius 2 is 2.03 bits per heavy atom. The van der Waals surface area contributed by atoms with Crippen LogP contribution >= 0.6 is 0 Å². The Morgan fingerprint density at radius 1 is 1.25 bits per heavy atom. The maximum absolute atomic E-state index is 13.5. The number of hydrogen-bond acceptors (Lipinski definition) is 5. The average molecular weight is 445 g/mol. The lowest BCUT2D eigenvalue weighted by Crippen LogP contribution is -2.24. The Morgan fingerprint density at radius 3 is 2.69 bits per heavy atom. The van der Waals surface area contributed by atoms with E-state index in [9.17, 15) is 18.0 Å². The molecule has 1 atom stereocenters. The third kappa shape index (κ3) is 4.04. The van der Waals surface area contributed by atoms with E-state index in [1.54, 1.807) is 18.5 Å². The number of pyridine rings is 1. The summed E-state index contributed by atoms with van der Waals surface area (Å²) < 4.78 is 47.8. The molecule has 0 saturated heterocycles. The monoisotopic (exact) mass is 445 g/mol. The summed E-state index contributed by atoms with van der Waals surface area (Å²) in [6, 6.07) is 7.16. The molecule has 3 aromatic rings. The van der Waals surface area contributed by atoms with Crippen LogP contribution < -0.4 is 9.64 Å². The lowest BCUT2D eigenvalue weighted by molar-refractivity contribution is -0.138. The third-order valence-corrected chi connectivity index (χ3v) is 5.52. The highest BCUT2D eigenvalue weighted by atomic mass is 19.4. The van der Waals surface area contributed by atoms with Crippen molar-refractivity contribution in [3.05, 3.63) is 64.7 Å². The van der Waals surface area contributed by atoms with Gasteiger partial charge in [0.25, 0.3) is 5.91 Å². The van der Waals surface area contributed by atoms with E-state index >= 15 is 0 Å². The molecule has 0 spiro atoms. The normalized spacial score (nSPS) is 14.6. The Bertz CT molecular complexity index is 1160. The molecule has 0 saturated carbocycles. The van der Waals surface area contributed by atoms with Crippen LogP contribution in [-0.2, 0) is 26.2 Å². The lowest BCUT2D eigenvalue weighted by atomic mass is 9.98. The SMILES string of the molecule is CCOc1cc(C(C)Cc2nncn2C)cc(N2Cc3c(cccc3C(F)(F)F)C2=O)n1. The van der Waals surface area contributed by atoms with Crippen LogP contribution in [0.25, 0.3) is 0 Å². The molecule has 32 heavy (non-hydrogen) atoms. The van der Waals surface area contributed by atoms with Crippen LogP contribution in [0.4, 0.5) is 19.0 Å². The topological polar surface area (TPSA) is 73.1 Å². The smallest absolute Gasteiger partial charge is 0.416 e. The first kappa shape index (κ1) is 21.8. The standard InChI is InChI=1S/C22H22F3N5O2/c1-4-32-20-10-14(13(2)8-19-28-26-12-29(19)3)9-18(27-20)30-11-16-15(21(30)31)6-5-7-17(16)22(23,24)25/h5-7,9-10,12-13H,4,8,11H2,1-3H3. The van der Waals surface area contributed by atoms with Crippen molar-refractivity contribution in [3.63, 3.8) is 0 Å². The van der Waals surface area contributed by atoms with Crippen LogP contribution in [0.5, 0.6) is 5.88 Å². The number of rotatable bonds is 6. The predicted octanol–water partition coefficient (Wildman–Crippen LogP) is 4.13. The molecule has 1 unspecified atom stereocenters. The lowest BCUT2D eigenvalue weighted by Gasteiger charge is -2.19. The molecule has 0 bridgehead atoms. The van der Waals surface area contributed by atoms with E-state index in [1.165, 1.54) is 17.0 Å². The Labute approximate surface area is 182 Å². The number of carbonyl (C=O) groups is 1. The van der Waals surface area contributed by atoms with Crippen LogP contribution in [-0.4, -0.2) is 32.3 Å². The molecule has 0 fully saturated rings. The Hall–Kier alpha value is -3.43. The largest absolute Gasteiger partial charge is 0.478 e. The summed E-state index contributed by atoms with van der Waals surface area (Å²) >= 11 is 0. The molecule has 1 aromatic carbocycles. The minimum Gasteiger partial charge on any atom is -0.478 e. The number of carbonyl (C=O) groups excluding carboxylic acids is 1. The van der Waals surface area contributed by atoms with Crippen LogP contribution in [0.1, 0.15) is 52.6 Å². The number of halogens is 3. The molecule has 1 amide bonds. The Balaban J connectivity index is 1.70. The summed E-state index contributed by atoms with van der Waals surface area (Å²) in [5.74, 6) is 0.812. The van der Waals surface area contributed by atoms with Crippen molar-refractivity contribution < 1.29 is 22.7 Å². The number of hydrogen-bond donors (Lipinski definition) is 0. The van der Waals surface area contributed by atoms with E-state index in [1.807, 2.05) is 25.5 Å². The fourth-order valence-corrected chi connectivity index (χ4v) is 3.82. The number of ether oxygens (including phenoxy) is 1. The molecule has 168 valence electrons. The van der Waals surface area contributed by atoms with Gasteiger partial charge < -0.3 is 9.30 Å². The first-order valence-corrected chi connectivity index (χ1v) is 10.2. The second-order valence-electron chi connectivity index (χ2n) is 7.71. The molecule has 1 aliphatic rings. The summed E-state index contributed by atoms with van der Waals surface area (Å²) in [5.41, 5.74) is 0.0309. The number of anilines is 1. The fourth-order valence-electron chi connectivity index (χ4n) is 3.82. The van der Waals surface area contributed by atoms with Crippen molar-refractivity contribution in [3.8, 4) is 5.88 Å². The van der Waals surface area contributed by atoms with Crippen LogP contribution in [0.3, 0.4) is 0 Å². The zero-order chi connectivity index (χ0) is 23.0. The first-order valence-electron chi connectivity index (χ1n) is 10.2. The third-order valence-electron chi connectivity index (χ3n) is 5.52. The van der Waals surface area contributed by atoms with Crippen molar-refractivity contribution in [1.82, 2.24) is 19.7 Å². The van der Waals surface area contributed by atoms with Gasteiger partial charge in [0.05, 0.1) is 18.7 Å². The van der Waals surface area contributed by atoms with Gasteiger partial charge in [-0.05, 0) is 42.2 Å². The van der Waals surface area contributed by atoms with Gasteiger partial charge in [-0.3, -0.25) is 9.69 Å². The van der Waals surface area contributed by atoms with E-state index in [2.05, 4.69) is 15.2 Å². The minimum absolute atomic E-state index is 0.0235. The first-order chi connectivity index (χ1) is 15.2. The van der Waals surface area contributed by atoms with Gasteiger partial charge in [0.1, 0.15) is 18.0 Å². The van der Waals surface area contributed by atoms with E-state index in [0.717, 1.165) is 17.5 Å². The quantitative estimate of drug-likeness (QED) is 0.570. The number of alkyl halides is 3. The van der Waals surface area contributed by atoms with E-state index in [4.69, 9.17) is 4.74 Å². The molecule has 7 nitrogen and oxygen atoms in total. The molecule has 3 heterocycles. The molecular weight excluding hydrogens is 423 g/mol. The molecular formula is C22H22F3N5O2. The van der Waals surface area contributed by atoms with Gasteiger partial charge in [-0.25, -0.2) is 0 Å². The molecule has 0 radical (unpaired) electrons. The highest BCUT2D eigenvalue weighted by molar-refractivity contribution is 6.09. The van der Waals surface area contributed by atoms with Crippen molar-refractivity contribution in [1.29, 1.82) is 0 Å². The van der Waals surface area contributed by atoms with Crippen molar-refractivity contribution in [2.75, 3.05) is 11.5 Å². The van der Waals surface area contributed by atoms with Gasteiger partial charge in [-0.1, -0.05) is 13.0 Å². The Kier molecular flexibility index (Phi) is 5.62. The number of aryl methyl sites for hydroxylation is 1. The van der Waals surface area contributed by atoms with Crippen molar-refractivity contribution in [2.45, 2.75) is 38.9 Å². The molecule has 2 aromatic heterocycles. The van der Waals surface area contributed by atoms with Gasteiger partial charge >= 0.3 is 6.18 Å². The number of nitrogens with zero attached hydrogens (tertiary/aromatic N) is 5. The van der Waals surface area contributed by atoms with Crippen molar-refractivity contribution >= 4 is 11.7 Å². The van der Waals surface area contributed by atoms with Gasteiger partial charge in [-0.15, -0.1) is 10.2 Å². The summed E-state index contributed by atoms with van der Waals surface area (Å²) in [5, 5.41) is 7.99. The second kappa shape index (κ2) is 8.25. The minimum atomic E-state index is -4.54. The fraction of sp³-hybridized carbons (Fsp3) is 0.364. The zero-order valence-electron chi connectivity index (χ0n) is 17.8. The molecule has 4 rings (SSSR count). The summed E-state index contributed by atoms with van der Waals surface area (Å²) in [4.78, 5) is 18.6. The maximum atomic E-state index is 13.5. The number of benzene rings is 1. The summed E-state index contributed by atoms with van der Waals surface area (Å²) in [7, 11) is 1.85. The van der Waals surface area contributed by atoms with Crippen LogP contribution in [0, 0.1) is 0 Å². The van der Waals surface area contributed by atoms with Gasteiger partial charge in [-0.2, -0.15) is 18.2 Å². The van der Waals surface area contributed by atoms with Gasteiger partial charge in [0.15, 0.2) is 0 Å². The van der Waals surface area contributed by atoms with Crippen LogP contribution in [0.15, 0.2) is 36.7 Å². The van der Waals surface area contributed by atoms with Gasteiger partial charge in [0, 0.05) is 25.1 Å². The predicted molar refractivity (Wildman–Crippen MR) is 110 cm³/mol. The maximum Gasteiger partial charge on any atom is 0.416 e. The number of amides is 1. The molecule has 0 aliphatic carbocycles. The van der Waals surface area contributed by atoms with E-state index in [-0.39, 0.29) is 29.4 Å². The average Bonchev–Trinajstić information content (AvgIpc) is 3.30. The molecule has 0 N–H and O–H groups in total. The van der Waals surface area contributed by atoms with E-state index in [0.29, 0.717) is 18.9 Å². The highest BCUT2D eigenvalue weighted by Crippen LogP contribution is 2.39. The zero-order valence-corrected chi connectivity index (χ0v) is 17.8. The van der Waals surface area contributed by atoms with Crippen LogP contribution in [0.2, 0.25) is 0 Å². The van der Waals surface area contributed by atoms with Crippen molar-refractivity contribution in [2.24, 2.45) is 7.05 Å². The van der Waals surface area contributed by atoms with E-state index < -0.39 is 17.6 Å². The molecule has 10 heteroatoms. The highest BCUT2D eigenvalue weighted by Gasteiger charge is 2.40. The molecule has 1 aliphatic heterocycles.